The molecule has 2 rings (SSSR count). The molecule has 0 atom stereocenters. The molecule has 5 heteroatoms. The lowest BCUT2D eigenvalue weighted by Crippen LogP contribution is -1.93. The Hall–Kier alpha value is -1.62. The Balaban J connectivity index is 2.68. The highest BCUT2D eigenvalue weighted by Crippen LogP contribution is 2.27. The van der Waals surface area contributed by atoms with E-state index < -0.39 is 0 Å². The summed E-state index contributed by atoms with van der Waals surface area (Å²) in [5, 5.41) is 16.5. The first-order chi connectivity index (χ1) is 7.09. The molecule has 0 amide bonds. The van der Waals surface area contributed by atoms with Crippen LogP contribution in [0.4, 0.5) is 0 Å². The van der Waals surface area contributed by atoms with Gasteiger partial charge in [0.1, 0.15) is 5.75 Å². The lowest BCUT2D eigenvalue weighted by Gasteiger charge is -2.04. The van der Waals surface area contributed by atoms with E-state index in [0.717, 1.165) is 5.56 Å². The van der Waals surface area contributed by atoms with E-state index in [4.69, 9.17) is 12.2 Å². The summed E-state index contributed by atoms with van der Waals surface area (Å²) in [4.78, 5) is 0. The van der Waals surface area contributed by atoms with Crippen LogP contribution in [0.25, 0.3) is 11.4 Å². The van der Waals surface area contributed by atoms with Gasteiger partial charge in [0.05, 0.1) is 5.56 Å². The van der Waals surface area contributed by atoms with Gasteiger partial charge in [-0.3, -0.25) is 5.10 Å². The van der Waals surface area contributed by atoms with Gasteiger partial charge in [-0.15, -0.1) is 0 Å². The van der Waals surface area contributed by atoms with Crippen LogP contribution in [0.3, 0.4) is 0 Å². The van der Waals surface area contributed by atoms with Crippen molar-refractivity contribution in [3.8, 4) is 17.1 Å². The third-order valence-electron chi connectivity index (χ3n) is 2.27. The molecule has 15 heavy (non-hydrogen) atoms. The average Bonchev–Trinajstić information content (AvgIpc) is 2.52. The Morgan fingerprint density at radius 2 is 2.20 bits per heavy atom. The van der Waals surface area contributed by atoms with Gasteiger partial charge in [0.15, 0.2) is 10.6 Å². The maximum absolute atomic E-state index is 9.72. The third kappa shape index (κ3) is 1.66. The molecule has 0 aliphatic heterocycles. The zero-order valence-electron chi connectivity index (χ0n) is 8.48. The minimum atomic E-state index is 0.206. The molecule has 0 aliphatic rings. The predicted octanol–water partition coefficient (Wildman–Crippen LogP) is 2.16. The van der Waals surface area contributed by atoms with Crippen LogP contribution in [0.1, 0.15) is 5.56 Å². The molecular formula is C10H11N3OS. The topological polar surface area (TPSA) is 53.8 Å². The fraction of sp³-hybridized carbons (Fsp3) is 0.200. The van der Waals surface area contributed by atoms with E-state index in [-0.39, 0.29) is 5.75 Å². The highest BCUT2D eigenvalue weighted by atomic mass is 32.1. The van der Waals surface area contributed by atoms with Gasteiger partial charge in [0.2, 0.25) is 0 Å². The molecule has 1 heterocycles. The Labute approximate surface area is 92.2 Å². The highest BCUT2D eigenvalue weighted by molar-refractivity contribution is 7.71. The lowest BCUT2D eigenvalue weighted by atomic mass is 10.1. The maximum atomic E-state index is 9.72. The van der Waals surface area contributed by atoms with Crippen LogP contribution in [0.5, 0.6) is 5.75 Å². The standard InChI is InChI=1S/C10H11N3OS/c1-6-3-4-8(14)7(5-6)9-11-12-10(15)13(9)2/h3-5,14H,1-2H3,(H,12,15). The summed E-state index contributed by atoms with van der Waals surface area (Å²) in [6, 6.07) is 5.38. The van der Waals surface area contributed by atoms with E-state index >= 15 is 0 Å². The van der Waals surface area contributed by atoms with E-state index in [9.17, 15) is 5.11 Å². The minimum absolute atomic E-state index is 0.206. The molecule has 0 bridgehead atoms. The summed E-state index contributed by atoms with van der Waals surface area (Å²) in [6.45, 7) is 1.96. The summed E-state index contributed by atoms with van der Waals surface area (Å²) in [5.41, 5.74) is 1.75. The SMILES string of the molecule is Cc1ccc(O)c(-c2n[nH]c(=S)n2C)c1. The monoisotopic (exact) mass is 221 g/mol. The molecule has 78 valence electrons. The van der Waals surface area contributed by atoms with Gasteiger partial charge in [-0.2, -0.15) is 5.10 Å². The van der Waals surface area contributed by atoms with Crippen molar-refractivity contribution in [3.05, 3.63) is 28.5 Å². The second-order valence-corrected chi connectivity index (χ2v) is 3.82. The number of nitrogens with zero attached hydrogens (tertiary/aromatic N) is 2. The molecule has 0 fully saturated rings. The number of aryl methyl sites for hydroxylation is 1. The van der Waals surface area contributed by atoms with Gasteiger partial charge < -0.3 is 9.67 Å². The summed E-state index contributed by atoms with van der Waals surface area (Å²) in [5.74, 6) is 0.846. The van der Waals surface area contributed by atoms with Crippen LogP contribution in [0, 0.1) is 11.7 Å². The average molecular weight is 221 g/mol. The zero-order chi connectivity index (χ0) is 11.0. The summed E-state index contributed by atoms with van der Waals surface area (Å²) < 4.78 is 2.26. The largest absolute Gasteiger partial charge is 0.507 e. The van der Waals surface area contributed by atoms with Crippen LogP contribution in [0.15, 0.2) is 18.2 Å². The Morgan fingerprint density at radius 1 is 1.47 bits per heavy atom. The normalized spacial score (nSPS) is 10.5. The van der Waals surface area contributed by atoms with Gasteiger partial charge in [0, 0.05) is 7.05 Å². The lowest BCUT2D eigenvalue weighted by molar-refractivity contribution is 0.476. The molecule has 1 aromatic carbocycles. The molecule has 0 spiro atoms. The van der Waals surface area contributed by atoms with E-state index in [2.05, 4.69) is 10.2 Å². The van der Waals surface area contributed by atoms with E-state index in [1.54, 1.807) is 10.6 Å². The van der Waals surface area contributed by atoms with Gasteiger partial charge in [0.25, 0.3) is 0 Å². The number of phenols is 1. The number of aromatic hydroxyl groups is 1. The fourth-order valence-electron chi connectivity index (χ4n) is 1.42. The van der Waals surface area contributed by atoms with Crippen molar-refractivity contribution in [1.82, 2.24) is 14.8 Å². The number of hydrogen-bond donors (Lipinski definition) is 2. The van der Waals surface area contributed by atoms with Crippen LogP contribution >= 0.6 is 12.2 Å². The minimum Gasteiger partial charge on any atom is -0.507 e. The van der Waals surface area contributed by atoms with Crippen molar-refractivity contribution in [2.75, 3.05) is 0 Å². The number of H-pyrrole nitrogens is 1. The van der Waals surface area contributed by atoms with Crippen molar-refractivity contribution in [2.24, 2.45) is 7.05 Å². The van der Waals surface area contributed by atoms with E-state index in [1.165, 1.54) is 0 Å². The Morgan fingerprint density at radius 3 is 2.80 bits per heavy atom. The smallest absolute Gasteiger partial charge is 0.195 e. The quantitative estimate of drug-likeness (QED) is 0.725. The molecule has 4 nitrogen and oxygen atoms in total. The molecule has 0 aliphatic carbocycles. The van der Waals surface area contributed by atoms with Gasteiger partial charge >= 0.3 is 0 Å². The Kier molecular flexibility index (Phi) is 2.32. The molecule has 0 saturated carbocycles. The van der Waals surface area contributed by atoms with Crippen LogP contribution in [-0.4, -0.2) is 19.9 Å². The number of benzene rings is 1. The number of aromatic nitrogens is 3. The van der Waals surface area contributed by atoms with E-state index in [1.807, 2.05) is 26.1 Å². The van der Waals surface area contributed by atoms with Gasteiger partial charge in [-0.1, -0.05) is 11.6 Å². The van der Waals surface area contributed by atoms with Crippen molar-refractivity contribution in [3.63, 3.8) is 0 Å². The number of aromatic amines is 1. The van der Waals surface area contributed by atoms with Crippen molar-refractivity contribution in [2.45, 2.75) is 6.92 Å². The summed E-state index contributed by atoms with van der Waals surface area (Å²) >= 11 is 5.01. The second kappa shape index (κ2) is 3.51. The van der Waals surface area contributed by atoms with Crippen LogP contribution < -0.4 is 0 Å². The molecule has 0 radical (unpaired) electrons. The van der Waals surface area contributed by atoms with Crippen LogP contribution in [0.2, 0.25) is 0 Å². The molecular weight excluding hydrogens is 210 g/mol. The zero-order valence-corrected chi connectivity index (χ0v) is 9.30. The fourth-order valence-corrected chi connectivity index (χ4v) is 1.55. The number of hydrogen-bond acceptors (Lipinski definition) is 3. The van der Waals surface area contributed by atoms with Crippen LogP contribution in [-0.2, 0) is 7.05 Å². The van der Waals surface area contributed by atoms with E-state index in [0.29, 0.717) is 16.2 Å². The first-order valence-corrected chi connectivity index (χ1v) is 4.92. The maximum Gasteiger partial charge on any atom is 0.195 e. The van der Waals surface area contributed by atoms with Gasteiger partial charge in [-0.05, 0) is 31.3 Å². The number of nitrogens with one attached hydrogen (secondary N) is 1. The molecule has 0 unspecified atom stereocenters. The first-order valence-electron chi connectivity index (χ1n) is 4.51. The van der Waals surface area contributed by atoms with Crippen molar-refractivity contribution < 1.29 is 5.11 Å². The third-order valence-corrected chi connectivity index (χ3v) is 2.64. The van der Waals surface area contributed by atoms with Crippen molar-refractivity contribution in [1.29, 1.82) is 0 Å². The first kappa shape index (κ1) is 9.92. The van der Waals surface area contributed by atoms with Crippen molar-refractivity contribution >= 4 is 12.2 Å². The molecule has 0 saturated heterocycles. The number of phenolic OH excluding ortho intramolecular Hbond substituents is 1. The van der Waals surface area contributed by atoms with Gasteiger partial charge in [-0.25, -0.2) is 0 Å². The highest BCUT2D eigenvalue weighted by Gasteiger charge is 2.10. The Bertz CT molecular complexity index is 556. The summed E-state index contributed by atoms with van der Waals surface area (Å²) in [7, 11) is 1.81. The predicted molar refractivity (Wildman–Crippen MR) is 60.2 cm³/mol. The summed E-state index contributed by atoms with van der Waals surface area (Å²) in [6.07, 6.45) is 0. The number of rotatable bonds is 1. The molecule has 2 aromatic rings. The second-order valence-electron chi connectivity index (χ2n) is 3.43. The molecule has 1 aromatic heterocycles. The molecule has 2 N–H and O–H groups in total.